The van der Waals surface area contributed by atoms with Gasteiger partial charge in [0.05, 0.1) is 16.3 Å². The van der Waals surface area contributed by atoms with Crippen LogP contribution in [0.25, 0.3) is 0 Å². The zero-order chi connectivity index (χ0) is 19.5. The number of anilines is 1. The minimum absolute atomic E-state index is 0.218. The van der Waals surface area contributed by atoms with Gasteiger partial charge < -0.3 is 10.1 Å². The van der Waals surface area contributed by atoms with Crippen LogP contribution in [-0.4, -0.2) is 18.0 Å². The van der Waals surface area contributed by atoms with Gasteiger partial charge in [-0.05, 0) is 31.2 Å². The molecule has 0 fully saturated rings. The molecule has 0 bridgehead atoms. The van der Waals surface area contributed by atoms with E-state index >= 15 is 0 Å². The van der Waals surface area contributed by atoms with Crippen LogP contribution in [0.15, 0.2) is 42.5 Å². The van der Waals surface area contributed by atoms with Crippen molar-refractivity contribution in [2.24, 2.45) is 0 Å². The second-order valence-corrected chi connectivity index (χ2v) is 5.58. The molecule has 0 heterocycles. The minimum atomic E-state index is -4.68. The maximum Gasteiger partial charge on any atom is 0.418 e. The zero-order valence-corrected chi connectivity index (χ0v) is 14.0. The summed E-state index contributed by atoms with van der Waals surface area (Å²) in [5.41, 5.74) is -2.11. The van der Waals surface area contributed by atoms with Crippen molar-refractivity contribution in [1.29, 1.82) is 0 Å². The Labute approximate surface area is 150 Å². The Morgan fingerprint density at radius 3 is 2.38 bits per heavy atom. The summed E-state index contributed by atoms with van der Waals surface area (Å²) in [5, 5.41) is 1.82. The average molecular weight is 390 g/mol. The zero-order valence-electron chi connectivity index (χ0n) is 13.2. The molecule has 1 amide bonds. The molecule has 0 saturated carbocycles. The van der Waals surface area contributed by atoms with Gasteiger partial charge in [-0.25, -0.2) is 9.18 Å². The molecule has 2 aromatic carbocycles. The molecule has 0 aliphatic carbocycles. The molecular formula is C17H12ClF4NO3. The number of esters is 1. The lowest BCUT2D eigenvalue weighted by atomic mass is 10.1. The molecule has 26 heavy (non-hydrogen) atoms. The van der Waals surface area contributed by atoms with E-state index in [4.69, 9.17) is 16.3 Å². The van der Waals surface area contributed by atoms with E-state index in [9.17, 15) is 27.2 Å². The first-order chi connectivity index (χ1) is 12.1. The van der Waals surface area contributed by atoms with E-state index in [1.807, 2.05) is 5.32 Å². The first kappa shape index (κ1) is 19.7. The van der Waals surface area contributed by atoms with Crippen LogP contribution in [0.1, 0.15) is 22.8 Å². The standard InChI is InChI=1S/C17H12ClF4NO3/c1-9(26-16(25)14-11(18)6-4-7-12(14)19)15(24)23-13-8-3-2-5-10(13)17(20,21)22/h2-9H,1H3,(H,23,24). The molecule has 9 heteroatoms. The van der Waals surface area contributed by atoms with Crippen molar-refractivity contribution in [2.75, 3.05) is 5.32 Å². The largest absolute Gasteiger partial charge is 0.449 e. The number of carbonyl (C=O) groups is 2. The van der Waals surface area contributed by atoms with Gasteiger partial charge in [0, 0.05) is 0 Å². The highest BCUT2D eigenvalue weighted by Crippen LogP contribution is 2.34. The third-order valence-electron chi connectivity index (χ3n) is 3.31. The number of hydrogen-bond donors (Lipinski definition) is 1. The SMILES string of the molecule is CC(OC(=O)c1c(F)cccc1Cl)C(=O)Nc1ccccc1C(F)(F)F. The molecule has 0 spiro atoms. The van der Waals surface area contributed by atoms with E-state index in [0.717, 1.165) is 25.1 Å². The highest BCUT2D eigenvalue weighted by atomic mass is 35.5. The van der Waals surface area contributed by atoms with Crippen LogP contribution in [0.4, 0.5) is 23.2 Å². The smallest absolute Gasteiger partial charge is 0.418 e. The fourth-order valence-electron chi connectivity index (χ4n) is 2.04. The van der Waals surface area contributed by atoms with Gasteiger partial charge in [0.2, 0.25) is 0 Å². The lowest BCUT2D eigenvalue weighted by molar-refractivity contribution is -0.137. The fourth-order valence-corrected chi connectivity index (χ4v) is 2.28. The van der Waals surface area contributed by atoms with E-state index in [2.05, 4.69) is 0 Å². The molecule has 0 aliphatic rings. The van der Waals surface area contributed by atoms with E-state index in [1.165, 1.54) is 24.3 Å². The van der Waals surface area contributed by atoms with Gasteiger partial charge in [0.25, 0.3) is 5.91 Å². The number of hydrogen-bond acceptors (Lipinski definition) is 3. The lowest BCUT2D eigenvalue weighted by Gasteiger charge is -2.17. The van der Waals surface area contributed by atoms with Crippen molar-refractivity contribution in [3.05, 3.63) is 64.4 Å². The topological polar surface area (TPSA) is 55.4 Å². The van der Waals surface area contributed by atoms with Gasteiger partial charge in [-0.3, -0.25) is 4.79 Å². The average Bonchev–Trinajstić information content (AvgIpc) is 2.54. The van der Waals surface area contributed by atoms with Crippen LogP contribution < -0.4 is 5.32 Å². The highest BCUT2D eigenvalue weighted by molar-refractivity contribution is 6.33. The monoisotopic (exact) mass is 389 g/mol. The number of halogens is 5. The Kier molecular flexibility index (Phi) is 5.86. The summed E-state index contributed by atoms with van der Waals surface area (Å²) in [7, 11) is 0. The Balaban J connectivity index is 2.13. The number of benzene rings is 2. The van der Waals surface area contributed by atoms with Crippen molar-refractivity contribution in [1.82, 2.24) is 0 Å². The summed E-state index contributed by atoms with van der Waals surface area (Å²) in [5.74, 6) is -3.17. The molecule has 1 unspecified atom stereocenters. The Hall–Kier alpha value is -2.61. The number of alkyl halides is 3. The number of nitrogens with one attached hydrogen (secondary N) is 1. The molecule has 0 aliphatic heterocycles. The van der Waals surface area contributed by atoms with Crippen LogP contribution in [0.5, 0.6) is 0 Å². The second-order valence-electron chi connectivity index (χ2n) is 5.18. The molecular weight excluding hydrogens is 378 g/mol. The van der Waals surface area contributed by atoms with Gasteiger partial charge in [-0.2, -0.15) is 13.2 Å². The summed E-state index contributed by atoms with van der Waals surface area (Å²) < 4.78 is 57.3. The quantitative estimate of drug-likeness (QED) is 0.610. The van der Waals surface area contributed by atoms with Crippen LogP contribution in [-0.2, 0) is 15.7 Å². The summed E-state index contributed by atoms with van der Waals surface area (Å²) in [6, 6.07) is 7.84. The van der Waals surface area contributed by atoms with E-state index < -0.39 is 46.8 Å². The second kappa shape index (κ2) is 7.74. The Morgan fingerprint density at radius 1 is 1.12 bits per heavy atom. The van der Waals surface area contributed by atoms with Gasteiger partial charge in [0.1, 0.15) is 11.4 Å². The van der Waals surface area contributed by atoms with E-state index in [1.54, 1.807) is 0 Å². The first-order valence-electron chi connectivity index (χ1n) is 7.23. The number of rotatable bonds is 4. The maximum absolute atomic E-state index is 13.7. The van der Waals surface area contributed by atoms with Crippen molar-refractivity contribution in [2.45, 2.75) is 19.2 Å². The van der Waals surface area contributed by atoms with Crippen LogP contribution >= 0.6 is 11.6 Å². The van der Waals surface area contributed by atoms with E-state index in [-0.39, 0.29) is 5.02 Å². The third-order valence-corrected chi connectivity index (χ3v) is 3.63. The molecule has 4 nitrogen and oxygen atoms in total. The molecule has 0 saturated heterocycles. The van der Waals surface area contributed by atoms with Gasteiger partial charge in [-0.1, -0.05) is 29.8 Å². The summed E-state index contributed by atoms with van der Waals surface area (Å²) in [4.78, 5) is 24.0. The maximum atomic E-state index is 13.7. The molecule has 2 aromatic rings. The molecule has 0 radical (unpaired) electrons. The molecule has 1 N–H and O–H groups in total. The molecule has 1 atom stereocenters. The number of carbonyl (C=O) groups excluding carboxylic acids is 2. The van der Waals surface area contributed by atoms with Crippen molar-refractivity contribution >= 4 is 29.2 Å². The summed E-state index contributed by atoms with van der Waals surface area (Å²) in [6.45, 7) is 1.14. The van der Waals surface area contributed by atoms with Gasteiger partial charge >= 0.3 is 12.1 Å². The molecule has 2 rings (SSSR count). The predicted molar refractivity (Wildman–Crippen MR) is 86.4 cm³/mol. The first-order valence-corrected chi connectivity index (χ1v) is 7.61. The third kappa shape index (κ3) is 4.51. The Bertz CT molecular complexity index is 819. The summed E-state index contributed by atoms with van der Waals surface area (Å²) >= 11 is 5.72. The number of amides is 1. The van der Waals surface area contributed by atoms with Crippen molar-refractivity contribution < 1.29 is 31.9 Å². The van der Waals surface area contributed by atoms with Crippen LogP contribution in [0.3, 0.4) is 0 Å². The lowest BCUT2D eigenvalue weighted by Crippen LogP contribution is -2.31. The van der Waals surface area contributed by atoms with Crippen molar-refractivity contribution in [3.8, 4) is 0 Å². The number of ether oxygens (including phenoxy) is 1. The molecule has 0 aromatic heterocycles. The van der Waals surface area contributed by atoms with Crippen LogP contribution in [0, 0.1) is 5.82 Å². The van der Waals surface area contributed by atoms with Crippen LogP contribution in [0.2, 0.25) is 5.02 Å². The fraction of sp³-hybridized carbons (Fsp3) is 0.176. The summed E-state index contributed by atoms with van der Waals surface area (Å²) in [6.07, 6.45) is -6.16. The van der Waals surface area contributed by atoms with E-state index in [0.29, 0.717) is 0 Å². The number of para-hydroxylation sites is 1. The van der Waals surface area contributed by atoms with Gasteiger partial charge in [-0.15, -0.1) is 0 Å². The highest BCUT2D eigenvalue weighted by Gasteiger charge is 2.34. The van der Waals surface area contributed by atoms with Gasteiger partial charge in [0.15, 0.2) is 6.10 Å². The minimum Gasteiger partial charge on any atom is -0.449 e. The van der Waals surface area contributed by atoms with Crippen molar-refractivity contribution in [3.63, 3.8) is 0 Å². The predicted octanol–water partition coefficient (Wildman–Crippen LogP) is 4.68. The Morgan fingerprint density at radius 2 is 1.77 bits per heavy atom. The molecule has 138 valence electrons. The normalized spacial score (nSPS) is 12.4.